The second-order valence-corrected chi connectivity index (χ2v) is 6.52. The number of hydrogen-bond donors (Lipinski definition) is 2. The number of hydrogen-bond acceptors (Lipinski definition) is 3. The Labute approximate surface area is 139 Å². The molecule has 6 heteroatoms. The third kappa shape index (κ3) is 5.43. The van der Waals surface area contributed by atoms with Crippen LogP contribution in [0.25, 0.3) is 0 Å². The maximum absolute atomic E-state index is 12.2. The van der Waals surface area contributed by atoms with Gasteiger partial charge in [0.25, 0.3) is 0 Å². The van der Waals surface area contributed by atoms with Gasteiger partial charge in [0.05, 0.1) is 5.54 Å². The first-order chi connectivity index (χ1) is 10.1. The van der Waals surface area contributed by atoms with Crippen LogP contribution in [0, 0.1) is 0 Å². The monoisotopic (exact) mass is 331 g/mol. The van der Waals surface area contributed by atoms with Gasteiger partial charge < -0.3 is 16.0 Å². The summed E-state index contributed by atoms with van der Waals surface area (Å²) < 4.78 is 0. The number of rotatable bonds is 4. The highest BCUT2D eigenvalue weighted by atomic mass is 35.5. The highest BCUT2D eigenvalue weighted by molar-refractivity contribution is 5.86. The van der Waals surface area contributed by atoms with Gasteiger partial charge in [0.1, 0.15) is 0 Å². The minimum Gasteiger partial charge on any atom is -0.354 e. The SMILES string of the molecule is Cl.NC1(C(=O)NCCC(=O)N2CCCCCC2)CCCCC1. The van der Waals surface area contributed by atoms with Crippen LogP contribution in [-0.4, -0.2) is 41.9 Å². The van der Waals surface area contributed by atoms with E-state index in [0.29, 0.717) is 13.0 Å². The molecule has 2 fully saturated rings. The average Bonchev–Trinajstić information content (AvgIpc) is 2.77. The molecule has 2 rings (SSSR count). The normalized spacial score (nSPS) is 21.4. The minimum atomic E-state index is -0.704. The number of nitrogens with zero attached hydrogens (tertiary/aromatic N) is 1. The maximum atomic E-state index is 12.2. The lowest BCUT2D eigenvalue weighted by Gasteiger charge is -2.31. The van der Waals surface area contributed by atoms with E-state index in [0.717, 1.165) is 51.6 Å². The predicted molar refractivity (Wildman–Crippen MR) is 89.9 cm³/mol. The summed E-state index contributed by atoms with van der Waals surface area (Å²) >= 11 is 0. The van der Waals surface area contributed by atoms with Gasteiger partial charge in [-0.05, 0) is 25.7 Å². The molecule has 2 aliphatic rings. The molecule has 128 valence electrons. The van der Waals surface area contributed by atoms with Crippen molar-refractivity contribution in [3.63, 3.8) is 0 Å². The van der Waals surface area contributed by atoms with E-state index in [4.69, 9.17) is 5.73 Å². The molecule has 0 radical (unpaired) electrons. The van der Waals surface area contributed by atoms with Crippen LogP contribution < -0.4 is 11.1 Å². The van der Waals surface area contributed by atoms with Crippen molar-refractivity contribution in [2.24, 2.45) is 5.73 Å². The van der Waals surface area contributed by atoms with Crippen LogP contribution >= 0.6 is 12.4 Å². The van der Waals surface area contributed by atoms with Gasteiger partial charge in [-0.15, -0.1) is 12.4 Å². The summed E-state index contributed by atoms with van der Waals surface area (Å²) in [5, 5.41) is 2.87. The summed E-state index contributed by atoms with van der Waals surface area (Å²) in [4.78, 5) is 26.2. The van der Waals surface area contributed by atoms with Crippen molar-refractivity contribution >= 4 is 24.2 Å². The number of halogens is 1. The summed E-state index contributed by atoms with van der Waals surface area (Å²) in [6.45, 7) is 2.15. The maximum Gasteiger partial charge on any atom is 0.240 e. The van der Waals surface area contributed by atoms with E-state index in [2.05, 4.69) is 5.32 Å². The first-order valence-corrected chi connectivity index (χ1v) is 8.47. The van der Waals surface area contributed by atoms with Gasteiger partial charge >= 0.3 is 0 Å². The highest BCUT2D eigenvalue weighted by Crippen LogP contribution is 2.25. The molecule has 1 saturated heterocycles. The summed E-state index contributed by atoms with van der Waals surface area (Å²) in [5.74, 6) is 0.0813. The molecule has 0 aromatic carbocycles. The van der Waals surface area contributed by atoms with Crippen molar-refractivity contribution in [2.75, 3.05) is 19.6 Å². The highest BCUT2D eigenvalue weighted by Gasteiger charge is 2.34. The van der Waals surface area contributed by atoms with Gasteiger partial charge in [0.2, 0.25) is 11.8 Å². The zero-order chi connectivity index (χ0) is 15.1. The Hall–Kier alpha value is -0.810. The third-order valence-electron chi connectivity index (χ3n) is 4.78. The van der Waals surface area contributed by atoms with E-state index in [1.54, 1.807) is 0 Å². The molecule has 0 aromatic rings. The Balaban J connectivity index is 0.00000242. The minimum absolute atomic E-state index is 0. The number of nitrogens with one attached hydrogen (secondary N) is 1. The Bertz CT molecular complexity index is 362. The fourth-order valence-corrected chi connectivity index (χ4v) is 3.35. The molecule has 2 amide bonds. The molecule has 22 heavy (non-hydrogen) atoms. The molecule has 0 aromatic heterocycles. The Morgan fingerprint density at radius 3 is 2.09 bits per heavy atom. The number of carbonyl (C=O) groups is 2. The van der Waals surface area contributed by atoms with Gasteiger partial charge in [-0.2, -0.15) is 0 Å². The molecule has 0 unspecified atom stereocenters. The van der Waals surface area contributed by atoms with Crippen molar-refractivity contribution < 1.29 is 9.59 Å². The first kappa shape index (κ1) is 19.2. The number of carbonyl (C=O) groups excluding carboxylic acids is 2. The predicted octanol–water partition coefficient (Wildman–Crippen LogP) is 1.98. The van der Waals surface area contributed by atoms with Crippen molar-refractivity contribution in [1.29, 1.82) is 0 Å². The Morgan fingerprint density at radius 2 is 1.50 bits per heavy atom. The van der Waals surface area contributed by atoms with Gasteiger partial charge in [-0.3, -0.25) is 9.59 Å². The van der Waals surface area contributed by atoms with E-state index in [-0.39, 0.29) is 24.2 Å². The fraction of sp³-hybridized carbons (Fsp3) is 0.875. The molecule has 0 spiro atoms. The summed E-state index contributed by atoms with van der Waals surface area (Å²) in [5.41, 5.74) is 5.47. The second-order valence-electron chi connectivity index (χ2n) is 6.52. The summed E-state index contributed by atoms with van der Waals surface area (Å²) in [6, 6.07) is 0. The molecule has 1 aliphatic carbocycles. The zero-order valence-electron chi connectivity index (χ0n) is 13.4. The zero-order valence-corrected chi connectivity index (χ0v) is 14.3. The van der Waals surface area contributed by atoms with Crippen LogP contribution in [0.15, 0.2) is 0 Å². The van der Waals surface area contributed by atoms with E-state index < -0.39 is 5.54 Å². The molecular formula is C16H30ClN3O2. The lowest BCUT2D eigenvalue weighted by molar-refractivity contribution is -0.131. The molecule has 0 bridgehead atoms. The Morgan fingerprint density at radius 1 is 0.955 bits per heavy atom. The van der Waals surface area contributed by atoms with Gasteiger partial charge in [-0.25, -0.2) is 0 Å². The summed E-state index contributed by atoms with van der Waals surface area (Å²) in [6.07, 6.45) is 9.77. The van der Waals surface area contributed by atoms with E-state index >= 15 is 0 Å². The van der Waals surface area contributed by atoms with Crippen LogP contribution in [0.1, 0.15) is 64.2 Å². The summed E-state index contributed by atoms with van der Waals surface area (Å²) in [7, 11) is 0. The van der Waals surface area contributed by atoms with Crippen molar-refractivity contribution in [3.8, 4) is 0 Å². The van der Waals surface area contributed by atoms with Gasteiger partial charge in [0.15, 0.2) is 0 Å². The van der Waals surface area contributed by atoms with E-state index in [9.17, 15) is 9.59 Å². The van der Waals surface area contributed by atoms with Crippen LogP contribution in [0.2, 0.25) is 0 Å². The molecule has 5 nitrogen and oxygen atoms in total. The Kier molecular flexibility index (Phi) is 8.18. The van der Waals surface area contributed by atoms with E-state index in [1.807, 2.05) is 4.90 Å². The quantitative estimate of drug-likeness (QED) is 0.827. The largest absolute Gasteiger partial charge is 0.354 e. The molecular weight excluding hydrogens is 302 g/mol. The molecule has 0 atom stereocenters. The molecule has 1 aliphatic heterocycles. The van der Waals surface area contributed by atoms with Crippen LogP contribution in [0.4, 0.5) is 0 Å². The molecule has 1 heterocycles. The van der Waals surface area contributed by atoms with Gasteiger partial charge in [-0.1, -0.05) is 32.1 Å². The lowest BCUT2D eigenvalue weighted by Crippen LogP contribution is -2.55. The van der Waals surface area contributed by atoms with Crippen LogP contribution in [-0.2, 0) is 9.59 Å². The average molecular weight is 332 g/mol. The van der Waals surface area contributed by atoms with Gasteiger partial charge in [0, 0.05) is 26.1 Å². The first-order valence-electron chi connectivity index (χ1n) is 8.47. The van der Waals surface area contributed by atoms with Crippen molar-refractivity contribution in [3.05, 3.63) is 0 Å². The van der Waals surface area contributed by atoms with Crippen molar-refractivity contribution in [2.45, 2.75) is 69.7 Å². The second kappa shape index (κ2) is 9.36. The number of likely N-dealkylation sites (tertiary alicyclic amines) is 1. The molecule has 1 saturated carbocycles. The lowest BCUT2D eigenvalue weighted by atomic mass is 9.82. The van der Waals surface area contributed by atoms with Crippen molar-refractivity contribution in [1.82, 2.24) is 10.2 Å². The number of nitrogens with two attached hydrogens (primary N) is 1. The standard InChI is InChI=1S/C16H29N3O2.ClH/c17-16(9-4-3-5-10-16)15(21)18-11-8-14(20)19-12-6-1-2-7-13-19;/h1-13,17H2,(H,18,21);1H. The molecule has 3 N–H and O–H groups in total. The topological polar surface area (TPSA) is 75.4 Å². The van der Waals surface area contributed by atoms with Crippen LogP contribution in [0.3, 0.4) is 0 Å². The fourth-order valence-electron chi connectivity index (χ4n) is 3.35. The smallest absolute Gasteiger partial charge is 0.240 e. The van der Waals surface area contributed by atoms with Crippen LogP contribution in [0.5, 0.6) is 0 Å². The number of amides is 2. The van der Waals surface area contributed by atoms with E-state index in [1.165, 1.54) is 19.3 Å². The third-order valence-corrected chi connectivity index (χ3v) is 4.78.